The Morgan fingerprint density at radius 3 is 2.21 bits per heavy atom. The van der Waals surface area contributed by atoms with Crippen molar-refractivity contribution in [1.82, 2.24) is 0 Å². The standard InChI is InChI=1S/C27H36NO4P/c1-20-16-23(31-3)17-21(2)25(20)28-26(30)27(12-13-27)33(14-8-5-9-15-33)19-24(29)32-18-22-10-6-4-7-11-22/h4,6-7,10-11,16-17,33H,5,8-9,12-15,18-19H2,1-3H3,(H,28,30). The molecule has 2 fully saturated rings. The number of ether oxygens (including phenoxy) is 2. The van der Waals surface area contributed by atoms with Gasteiger partial charge in [-0.15, -0.1) is 0 Å². The maximum absolute atomic E-state index is 13.8. The summed E-state index contributed by atoms with van der Waals surface area (Å²) in [7, 11) is -0.527. The molecule has 1 N–H and O–H groups in total. The molecule has 6 heteroatoms. The molecular weight excluding hydrogens is 433 g/mol. The molecule has 0 unspecified atom stereocenters. The zero-order valence-corrected chi connectivity index (χ0v) is 21.0. The number of nitrogens with one attached hydrogen (secondary N) is 1. The fourth-order valence-corrected chi connectivity index (χ4v) is 11.9. The molecule has 1 amide bonds. The van der Waals surface area contributed by atoms with Gasteiger partial charge >= 0.3 is 197 Å². The number of esters is 1. The second-order valence-electron chi connectivity index (χ2n) is 9.84. The summed E-state index contributed by atoms with van der Waals surface area (Å²) >= 11 is 0. The first-order valence-corrected chi connectivity index (χ1v) is 14.7. The Balaban J connectivity index is 1.51. The number of carbonyl (C=O) groups is 2. The summed E-state index contributed by atoms with van der Waals surface area (Å²) in [6.07, 6.45) is 7.76. The van der Waals surface area contributed by atoms with Crippen LogP contribution >= 0.6 is 7.26 Å². The van der Waals surface area contributed by atoms with Crippen LogP contribution in [0.3, 0.4) is 0 Å². The summed E-state index contributed by atoms with van der Waals surface area (Å²) in [5, 5.41) is 2.92. The van der Waals surface area contributed by atoms with E-state index in [-0.39, 0.29) is 17.0 Å². The minimum atomic E-state index is -2.18. The van der Waals surface area contributed by atoms with E-state index < -0.39 is 7.26 Å². The molecule has 0 atom stereocenters. The molecular formula is C27H36NO4P. The van der Waals surface area contributed by atoms with Gasteiger partial charge in [0.15, 0.2) is 0 Å². The van der Waals surface area contributed by atoms with Gasteiger partial charge in [-0.2, -0.15) is 0 Å². The monoisotopic (exact) mass is 469 g/mol. The Bertz CT molecular complexity index is 987. The van der Waals surface area contributed by atoms with E-state index in [4.69, 9.17) is 9.47 Å². The molecule has 2 aromatic carbocycles. The zero-order valence-electron chi connectivity index (χ0n) is 20.0. The number of amides is 1. The Morgan fingerprint density at radius 1 is 1.00 bits per heavy atom. The molecule has 0 spiro atoms. The van der Waals surface area contributed by atoms with Gasteiger partial charge in [0.2, 0.25) is 0 Å². The van der Waals surface area contributed by atoms with Crippen molar-refractivity contribution in [3.8, 4) is 5.75 Å². The van der Waals surface area contributed by atoms with Crippen molar-refractivity contribution in [2.45, 2.75) is 57.7 Å². The summed E-state index contributed by atoms with van der Waals surface area (Å²) in [5.41, 5.74) is 3.86. The Morgan fingerprint density at radius 2 is 1.64 bits per heavy atom. The Kier molecular flexibility index (Phi) is 7.09. The minimum absolute atomic E-state index is 0.114. The van der Waals surface area contributed by atoms with Gasteiger partial charge in [-0.05, 0) is 0 Å². The third-order valence-electron chi connectivity index (χ3n) is 7.72. The van der Waals surface area contributed by atoms with E-state index in [9.17, 15) is 9.59 Å². The van der Waals surface area contributed by atoms with Crippen LogP contribution in [0.1, 0.15) is 48.8 Å². The van der Waals surface area contributed by atoms with Gasteiger partial charge in [0, 0.05) is 0 Å². The van der Waals surface area contributed by atoms with Crippen LogP contribution in [0.15, 0.2) is 42.5 Å². The number of anilines is 1. The van der Waals surface area contributed by atoms with Gasteiger partial charge in [-0.25, -0.2) is 0 Å². The summed E-state index contributed by atoms with van der Waals surface area (Å²) in [4.78, 5) is 26.8. The van der Waals surface area contributed by atoms with Gasteiger partial charge < -0.3 is 0 Å². The van der Waals surface area contributed by atoms with Gasteiger partial charge in [0.25, 0.3) is 0 Å². The van der Waals surface area contributed by atoms with Crippen molar-refractivity contribution in [3.63, 3.8) is 0 Å². The van der Waals surface area contributed by atoms with Crippen LogP contribution in [0.5, 0.6) is 5.75 Å². The van der Waals surface area contributed by atoms with Crippen LogP contribution in [0.4, 0.5) is 5.69 Å². The van der Waals surface area contributed by atoms with Gasteiger partial charge in [-0.3, -0.25) is 0 Å². The molecule has 5 nitrogen and oxygen atoms in total. The van der Waals surface area contributed by atoms with Crippen LogP contribution < -0.4 is 10.1 Å². The van der Waals surface area contributed by atoms with Crippen LogP contribution in [0.2, 0.25) is 0 Å². The molecule has 1 heterocycles. The molecule has 4 rings (SSSR count). The van der Waals surface area contributed by atoms with E-state index in [0.717, 1.165) is 66.1 Å². The third-order valence-corrected chi connectivity index (χ3v) is 14.1. The third kappa shape index (κ3) is 4.94. The first kappa shape index (κ1) is 23.8. The SMILES string of the molecule is COc1cc(C)c(NC(=O)C2([PH]3(CC(=O)OCc4ccccc4)CCCCC3)CC2)c(C)c1. The maximum atomic E-state index is 13.8. The Hall–Kier alpha value is -2.39. The molecule has 0 radical (unpaired) electrons. The Labute approximate surface area is 197 Å². The molecule has 1 saturated carbocycles. The van der Waals surface area contributed by atoms with Crippen molar-refractivity contribution in [2.24, 2.45) is 0 Å². The predicted octanol–water partition coefficient (Wildman–Crippen LogP) is 5.46. The summed E-state index contributed by atoms with van der Waals surface area (Å²) in [6, 6.07) is 13.7. The number of methoxy groups -OCH3 is 1. The second-order valence-corrected chi connectivity index (χ2v) is 14.7. The van der Waals surface area contributed by atoms with E-state index in [1.54, 1.807) is 7.11 Å². The molecule has 0 bridgehead atoms. The van der Waals surface area contributed by atoms with E-state index in [2.05, 4.69) is 5.32 Å². The number of benzene rings is 2. The molecule has 178 valence electrons. The molecule has 0 aromatic heterocycles. The summed E-state index contributed by atoms with van der Waals surface area (Å²) in [6.45, 7) is 4.30. The molecule has 1 aliphatic carbocycles. The number of hydrogen-bond acceptors (Lipinski definition) is 4. The van der Waals surface area contributed by atoms with Crippen LogP contribution in [-0.4, -0.2) is 42.6 Å². The van der Waals surface area contributed by atoms with E-state index in [1.165, 1.54) is 6.42 Å². The summed E-state index contributed by atoms with van der Waals surface area (Å²) < 4.78 is 11.1. The number of aryl methyl sites for hydroxylation is 2. The quantitative estimate of drug-likeness (QED) is 0.412. The molecule has 33 heavy (non-hydrogen) atoms. The number of rotatable bonds is 8. The molecule has 1 saturated heterocycles. The van der Waals surface area contributed by atoms with Crippen molar-refractivity contribution in [3.05, 3.63) is 59.2 Å². The summed E-state index contributed by atoms with van der Waals surface area (Å²) in [5.74, 6) is 0.773. The van der Waals surface area contributed by atoms with Crippen molar-refractivity contribution in [2.75, 3.05) is 30.9 Å². The molecule has 1 aliphatic heterocycles. The normalized spacial score (nSPS) is 19.2. The number of carbonyl (C=O) groups excluding carboxylic acids is 2. The van der Waals surface area contributed by atoms with E-state index in [0.29, 0.717) is 12.8 Å². The van der Waals surface area contributed by atoms with Gasteiger partial charge in [0.1, 0.15) is 0 Å². The van der Waals surface area contributed by atoms with E-state index in [1.807, 2.05) is 56.3 Å². The van der Waals surface area contributed by atoms with Crippen LogP contribution in [0.25, 0.3) is 0 Å². The average Bonchev–Trinajstić information content (AvgIpc) is 3.64. The van der Waals surface area contributed by atoms with E-state index >= 15 is 0 Å². The van der Waals surface area contributed by atoms with Crippen LogP contribution in [-0.2, 0) is 20.9 Å². The fourth-order valence-electron chi connectivity index (χ4n) is 5.71. The fraction of sp³-hybridized carbons (Fsp3) is 0.481. The van der Waals surface area contributed by atoms with Crippen LogP contribution in [0, 0.1) is 13.8 Å². The predicted molar refractivity (Wildman–Crippen MR) is 136 cm³/mol. The molecule has 2 aliphatic rings. The molecule has 2 aromatic rings. The first-order valence-electron chi connectivity index (χ1n) is 12.1. The van der Waals surface area contributed by atoms with Crippen molar-refractivity contribution < 1.29 is 19.1 Å². The van der Waals surface area contributed by atoms with Crippen molar-refractivity contribution >= 4 is 24.8 Å². The number of hydrogen-bond donors (Lipinski definition) is 1. The van der Waals surface area contributed by atoms with Crippen molar-refractivity contribution in [1.29, 1.82) is 0 Å². The van der Waals surface area contributed by atoms with Gasteiger partial charge in [0.05, 0.1) is 0 Å². The van der Waals surface area contributed by atoms with Gasteiger partial charge in [-0.1, -0.05) is 0 Å². The topological polar surface area (TPSA) is 64.6 Å². The zero-order chi connectivity index (χ0) is 23.5. The second kappa shape index (κ2) is 9.85. The average molecular weight is 470 g/mol. The first-order chi connectivity index (χ1) is 15.9.